The zero-order chi connectivity index (χ0) is 24.4. The number of hydrogen-bond donors (Lipinski definition) is 0. The minimum Gasteiger partial charge on any atom is -0.489 e. The molecule has 4 nitrogen and oxygen atoms in total. The summed E-state index contributed by atoms with van der Waals surface area (Å²) in [4.78, 5) is 2.32. The number of ether oxygens (including phenoxy) is 3. The molecule has 0 radical (unpaired) electrons. The molecule has 3 atom stereocenters. The van der Waals surface area contributed by atoms with Gasteiger partial charge in [0.05, 0.1) is 12.2 Å². The summed E-state index contributed by atoms with van der Waals surface area (Å²) in [5, 5.41) is 0. The first-order valence-corrected chi connectivity index (χ1v) is 12.8. The normalized spacial score (nSPS) is 22.7. The van der Waals surface area contributed by atoms with Gasteiger partial charge in [-0.3, -0.25) is 4.90 Å². The highest BCUT2D eigenvalue weighted by molar-refractivity contribution is 5.50. The number of hydrogen-bond acceptors (Lipinski definition) is 4. The largest absolute Gasteiger partial charge is 0.489 e. The first-order valence-electron chi connectivity index (χ1n) is 12.8. The van der Waals surface area contributed by atoms with Crippen LogP contribution >= 0.6 is 0 Å². The van der Waals surface area contributed by atoms with Crippen LogP contribution in [0.25, 0.3) is 0 Å². The Morgan fingerprint density at radius 3 is 2.31 bits per heavy atom. The van der Waals surface area contributed by atoms with E-state index >= 15 is 0 Å². The second-order valence-electron chi connectivity index (χ2n) is 10.7. The number of fused-ring (bicyclic) bond motifs is 3. The fourth-order valence-corrected chi connectivity index (χ4v) is 5.50. The van der Waals surface area contributed by atoms with E-state index in [1.807, 2.05) is 6.07 Å². The molecule has 1 saturated heterocycles. The standard InChI is InChI=1S/C31H37NO3/c1-22-15-16-27-30(34-22)26-18-28(33-21-24-13-9-6-10-14-24)25(17-29(26)35-31(27,2)3)20-32(4)19-23-11-7-5-8-12-23/h5-14,17-18,22,27,30H,15-16,19-21H2,1-4H3/t22-,27-,30+/m0/s1. The van der Waals surface area contributed by atoms with Gasteiger partial charge in [0, 0.05) is 30.1 Å². The Morgan fingerprint density at radius 2 is 1.60 bits per heavy atom. The average Bonchev–Trinajstić information content (AvgIpc) is 2.84. The van der Waals surface area contributed by atoms with Gasteiger partial charge in [-0.25, -0.2) is 0 Å². The number of rotatable bonds is 7. The predicted octanol–water partition coefficient (Wildman–Crippen LogP) is 6.92. The molecule has 0 saturated carbocycles. The fraction of sp³-hybridized carbons (Fsp3) is 0.419. The molecule has 3 aromatic carbocycles. The van der Waals surface area contributed by atoms with Crippen molar-refractivity contribution < 1.29 is 14.2 Å². The summed E-state index contributed by atoms with van der Waals surface area (Å²) in [5.41, 5.74) is 4.45. The van der Waals surface area contributed by atoms with E-state index in [0.717, 1.165) is 54.1 Å². The lowest BCUT2D eigenvalue weighted by atomic mass is 9.75. The van der Waals surface area contributed by atoms with Gasteiger partial charge in [0.25, 0.3) is 0 Å². The summed E-state index contributed by atoms with van der Waals surface area (Å²) in [6.45, 7) is 8.75. The number of benzene rings is 3. The Labute approximate surface area is 209 Å². The lowest BCUT2D eigenvalue weighted by Crippen LogP contribution is -2.48. The third kappa shape index (κ3) is 5.39. The highest BCUT2D eigenvalue weighted by atomic mass is 16.5. The minimum absolute atomic E-state index is 0.0349. The Bertz CT molecular complexity index is 1130. The first-order chi connectivity index (χ1) is 16.9. The Balaban J connectivity index is 1.47. The molecule has 5 rings (SSSR count). The number of nitrogens with zero attached hydrogens (tertiary/aromatic N) is 1. The van der Waals surface area contributed by atoms with Gasteiger partial charge in [0.15, 0.2) is 0 Å². The van der Waals surface area contributed by atoms with Crippen LogP contribution in [0.1, 0.15) is 62.0 Å². The van der Waals surface area contributed by atoms with Crippen molar-refractivity contribution in [1.29, 1.82) is 0 Å². The van der Waals surface area contributed by atoms with Crippen LogP contribution in [0, 0.1) is 5.92 Å². The second kappa shape index (κ2) is 10.0. The maximum Gasteiger partial charge on any atom is 0.126 e. The van der Waals surface area contributed by atoms with Crippen LogP contribution in [0.2, 0.25) is 0 Å². The van der Waals surface area contributed by atoms with Gasteiger partial charge in [0.1, 0.15) is 23.7 Å². The molecule has 2 heterocycles. The summed E-state index contributed by atoms with van der Waals surface area (Å²) < 4.78 is 19.6. The molecule has 35 heavy (non-hydrogen) atoms. The molecule has 1 fully saturated rings. The maximum absolute atomic E-state index is 6.63. The van der Waals surface area contributed by atoms with Crippen LogP contribution in [-0.2, 0) is 24.4 Å². The van der Waals surface area contributed by atoms with Crippen molar-refractivity contribution in [2.45, 2.75) is 71.1 Å². The summed E-state index contributed by atoms with van der Waals surface area (Å²) in [6.07, 6.45) is 2.47. The lowest BCUT2D eigenvalue weighted by Gasteiger charge is -2.48. The van der Waals surface area contributed by atoms with Crippen LogP contribution in [0.3, 0.4) is 0 Å². The Kier molecular flexibility index (Phi) is 6.86. The van der Waals surface area contributed by atoms with Crippen LogP contribution in [0.5, 0.6) is 11.5 Å². The smallest absolute Gasteiger partial charge is 0.126 e. The third-order valence-corrected chi connectivity index (χ3v) is 7.37. The van der Waals surface area contributed by atoms with Crippen molar-refractivity contribution in [3.63, 3.8) is 0 Å². The monoisotopic (exact) mass is 471 g/mol. The van der Waals surface area contributed by atoms with E-state index in [2.05, 4.69) is 99.4 Å². The summed E-state index contributed by atoms with van der Waals surface area (Å²) >= 11 is 0. The van der Waals surface area contributed by atoms with Crippen LogP contribution in [-0.4, -0.2) is 23.7 Å². The third-order valence-electron chi connectivity index (χ3n) is 7.37. The zero-order valence-electron chi connectivity index (χ0n) is 21.4. The van der Waals surface area contributed by atoms with Crippen molar-refractivity contribution in [2.75, 3.05) is 7.05 Å². The topological polar surface area (TPSA) is 30.9 Å². The highest BCUT2D eigenvalue weighted by Gasteiger charge is 2.47. The molecular formula is C31H37NO3. The fourth-order valence-electron chi connectivity index (χ4n) is 5.50. The van der Waals surface area contributed by atoms with Crippen LogP contribution < -0.4 is 9.47 Å². The van der Waals surface area contributed by atoms with E-state index in [1.165, 1.54) is 5.56 Å². The van der Waals surface area contributed by atoms with E-state index in [1.54, 1.807) is 0 Å². The summed E-state index contributed by atoms with van der Waals surface area (Å²) in [6, 6.07) is 25.3. The molecule has 3 aromatic rings. The van der Waals surface area contributed by atoms with Gasteiger partial charge in [-0.2, -0.15) is 0 Å². The van der Waals surface area contributed by atoms with Crippen molar-refractivity contribution in [2.24, 2.45) is 5.92 Å². The zero-order valence-corrected chi connectivity index (χ0v) is 21.4. The Hall–Kier alpha value is -2.82. The molecule has 2 aliphatic heterocycles. The van der Waals surface area contributed by atoms with Crippen molar-refractivity contribution in [1.82, 2.24) is 4.90 Å². The van der Waals surface area contributed by atoms with Crippen molar-refractivity contribution in [3.05, 3.63) is 95.1 Å². The van der Waals surface area contributed by atoms with Crippen LogP contribution in [0.4, 0.5) is 0 Å². The van der Waals surface area contributed by atoms with Gasteiger partial charge in [0.2, 0.25) is 0 Å². The lowest BCUT2D eigenvalue weighted by molar-refractivity contribution is -0.144. The van der Waals surface area contributed by atoms with E-state index in [9.17, 15) is 0 Å². The average molecular weight is 472 g/mol. The van der Waals surface area contributed by atoms with E-state index in [4.69, 9.17) is 14.2 Å². The SMILES string of the molecule is C[C@H]1CC[C@H]2[C@H](O1)c1cc(OCc3ccccc3)c(CN(C)Cc3ccccc3)cc1OC2(C)C. The molecule has 4 heteroatoms. The molecule has 0 aromatic heterocycles. The van der Waals surface area contributed by atoms with E-state index in [0.29, 0.717) is 12.5 Å². The van der Waals surface area contributed by atoms with Gasteiger partial charge < -0.3 is 14.2 Å². The van der Waals surface area contributed by atoms with E-state index < -0.39 is 0 Å². The molecule has 2 aliphatic rings. The summed E-state index contributed by atoms with van der Waals surface area (Å²) in [7, 11) is 2.15. The Morgan fingerprint density at radius 1 is 0.914 bits per heavy atom. The maximum atomic E-state index is 6.63. The highest BCUT2D eigenvalue weighted by Crippen LogP contribution is 2.52. The molecular weight excluding hydrogens is 434 g/mol. The molecule has 184 valence electrons. The molecule has 0 aliphatic carbocycles. The molecule has 0 N–H and O–H groups in total. The second-order valence-corrected chi connectivity index (χ2v) is 10.7. The van der Waals surface area contributed by atoms with E-state index in [-0.39, 0.29) is 17.8 Å². The molecule has 0 amide bonds. The van der Waals surface area contributed by atoms with Gasteiger partial charge in [-0.05, 0) is 63.9 Å². The quantitative estimate of drug-likeness (QED) is 0.374. The molecule has 0 bridgehead atoms. The summed E-state index contributed by atoms with van der Waals surface area (Å²) in [5.74, 6) is 2.18. The van der Waals surface area contributed by atoms with Crippen molar-refractivity contribution >= 4 is 0 Å². The van der Waals surface area contributed by atoms with Crippen LogP contribution in [0.15, 0.2) is 72.8 Å². The first kappa shape index (κ1) is 23.9. The van der Waals surface area contributed by atoms with Gasteiger partial charge in [-0.1, -0.05) is 60.7 Å². The molecule has 0 spiro atoms. The minimum atomic E-state index is -0.266. The van der Waals surface area contributed by atoms with Gasteiger partial charge >= 0.3 is 0 Å². The van der Waals surface area contributed by atoms with Crippen molar-refractivity contribution in [3.8, 4) is 11.5 Å². The predicted molar refractivity (Wildman–Crippen MR) is 140 cm³/mol. The van der Waals surface area contributed by atoms with Gasteiger partial charge in [-0.15, -0.1) is 0 Å². The molecule has 0 unspecified atom stereocenters.